The fourth-order valence-corrected chi connectivity index (χ4v) is 2.36. The standard InChI is InChI=1S/C18H18F3NO2/c1-24-12-14-9-5-6-10-15(14)17(23)22-16(18(19,20)21)11-13-7-3-2-4-8-13/h2-10,16H,11-12H2,1H3,(H,22,23)/t16-/m1/s1. The van der Waals surface area contributed by atoms with Gasteiger partial charge in [0, 0.05) is 19.1 Å². The molecule has 0 radical (unpaired) electrons. The molecule has 0 aliphatic heterocycles. The summed E-state index contributed by atoms with van der Waals surface area (Å²) in [5, 5.41) is 2.10. The normalized spacial score (nSPS) is 12.7. The number of ether oxygens (including phenoxy) is 1. The molecular weight excluding hydrogens is 319 g/mol. The molecule has 1 atom stereocenters. The third-order valence-electron chi connectivity index (χ3n) is 3.54. The fourth-order valence-electron chi connectivity index (χ4n) is 2.36. The minimum Gasteiger partial charge on any atom is -0.380 e. The highest BCUT2D eigenvalue weighted by molar-refractivity contribution is 5.95. The molecule has 3 nitrogen and oxygen atoms in total. The lowest BCUT2D eigenvalue weighted by Gasteiger charge is -2.22. The third-order valence-corrected chi connectivity index (χ3v) is 3.54. The van der Waals surface area contributed by atoms with E-state index in [9.17, 15) is 18.0 Å². The number of benzene rings is 2. The molecule has 0 aliphatic rings. The van der Waals surface area contributed by atoms with E-state index in [-0.39, 0.29) is 18.6 Å². The molecule has 0 aliphatic carbocycles. The van der Waals surface area contributed by atoms with Gasteiger partial charge in [0.05, 0.1) is 6.61 Å². The van der Waals surface area contributed by atoms with Gasteiger partial charge in [0.15, 0.2) is 0 Å². The topological polar surface area (TPSA) is 38.3 Å². The Morgan fingerprint density at radius 3 is 2.33 bits per heavy atom. The molecule has 6 heteroatoms. The molecule has 0 aromatic heterocycles. The van der Waals surface area contributed by atoms with Gasteiger partial charge in [0.1, 0.15) is 6.04 Å². The first-order valence-corrected chi connectivity index (χ1v) is 7.40. The molecule has 2 aromatic rings. The van der Waals surface area contributed by atoms with E-state index >= 15 is 0 Å². The average Bonchev–Trinajstić information content (AvgIpc) is 2.55. The minimum atomic E-state index is -4.54. The molecule has 0 unspecified atom stereocenters. The number of halogens is 3. The van der Waals surface area contributed by atoms with Crippen LogP contribution in [0.15, 0.2) is 54.6 Å². The summed E-state index contributed by atoms with van der Waals surface area (Å²) in [6, 6.07) is 12.8. The van der Waals surface area contributed by atoms with Crippen molar-refractivity contribution in [2.75, 3.05) is 7.11 Å². The summed E-state index contributed by atoms with van der Waals surface area (Å²) in [4.78, 5) is 12.3. The van der Waals surface area contributed by atoms with E-state index in [1.807, 2.05) is 0 Å². The lowest BCUT2D eigenvalue weighted by Crippen LogP contribution is -2.47. The average molecular weight is 337 g/mol. The van der Waals surface area contributed by atoms with E-state index in [2.05, 4.69) is 5.32 Å². The molecule has 0 bridgehead atoms. The first kappa shape index (κ1) is 18.0. The second-order valence-electron chi connectivity index (χ2n) is 5.35. The van der Waals surface area contributed by atoms with Gasteiger partial charge in [0.2, 0.25) is 0 Å². The van der Waals surface area contributed by atoms with E-state index in [1.54, 1.807) is 48.5 Å². The second-order valence-corrected chi connectivity index (χ2v) is 5.35. The number of nitrogens with one attached hydrogen (secondary N) is 1. The highest BCUT2D eigenvalue weighted by atomic mass is 19.4. The lowest BCUT2D eigenvalue weighted by molar-refractivity contribution is -0.153. The quantitative estimate of drug-likeness (QED) is 0.872. The zero-order valence-corrected chi connectivity index (χ0v) is 13.1. The highest BCUT2D eigenvalue weighted by Crippen LogP contribution is 2.24. The van der Waals surface area contributed by atoms with Gasteiger partial charge in [-0.3, -0.25) is 4.79 Å². The number of amides is 1. The van der Waals surface area contributed by atoms with Crippen LogP contribution in [0.3, 0.4) is 0 Å². The number of carbonyl (C=O) groups excluding carboxylic acids is 1. The van der Waals surface area contributed by atoms with Crippen molar-refractivity contribution in [2.24, 2.45) is 0 Å². The zero-order chi connectivity index (χ0) is 17.6. The van der Waals surface area contributed by atoms with Gasteiger partial charge < -0.3 is 10.1 Å². The summed E-state index contributed by atoms with van der Waals surface area (Å²) in [6.45, 7) is 0.152. The molecule has 0 saturated carbocycles. The molecule has 0 heterocycles. The van der Waals surface area contributed by atoms with Gasteiger partial charge in [-0.2, -0.15) is 13.2 Å². The second kappa shape index (κ2) is 7.97. The summed E-state index contributed by atoms with van der Waals surface area (Å²) in [7, 11) is 1.46. The van der Waals surface area contributed by atoms with Crippen molar-refractivity contribution in [3.63, 3.8) is 0 Å². The Morgan fingerprint density at radius 2 is 1.71 bits per heavy atom. The van der Waals surface area contributed by atoms with Crippen LogP contribution in [0.5, 0.6) is 0 Å². The summed E-state index contributed by atoms with van der Waals surface area (Å²) >= 11 is 0. The predicted molar refractivity (Wildman–Crippen MR) is 84.6 cm³/mol. The molecule has 128 valence electrons. The molecular formula is C18H18F3NO2. The van der Waals surface area contributed by atoms with Crippen LogP contribution in [-0.4, -0.2) is 25.2 Å². The number of hydrogen-bond donors (Lipinski definition) is 1. The number of alkyl halides is 3. The number of carbonyl (C=O) groups is 1. The SMILES string of the molecule is COCc1ccccc1C(=O)N[C@H](Cc1ccccc1)C(F)(F)F. The first-order chi connectivity index (χ1) is 11.4. The van der Waals surface area contributed by atoms with E-state index < -0.39 is 18.1 Å². The van der Waals surface area contributed by atoms with Crippen molar-refractivity contribution < 1.29 is 22.7 Å². The van der Waals surface area contributed by atoms with Crippen LogP contribution in [-0.2, 0) is 17.8 Å². The smallest absolute Gasteiger partial charge is 0.380 e. The van der Waals surface area contributed by atoms with Gasteiger partial charge in [0.25, 0.3) is 5.91 Å². The first-order valence-electron chi connectivity index (χ1n) is 7.40. The Hall–Kier alpha value is -2.34. The lowest BCUT2D eigenvalue weighted by atomic mass is 10.0. The van der Waals surface area contributed by atoms with Crippen LogP contribution in [0.1, 0.15) is 21.5 Å². The zero-order valence-electron chi connectivity index (χ0n) is 13.1. The maximum Gasteiger partial charge on any atom is 0.408 e. The van der Waals surface area contributed by atoms with E-state index in [0.717, 1.165) is 0 Å². The van der Waals surface area contributed by atoms with Crippen molar-refractivity contribution in [3.8, 4) is 0 Å². The van der Waals surface area contributed by atoms with Crippen molar-refractivity contribution in [1.29, 1.82) is 0 Å². The van der Waals surface area contributed by atoms with Gasteiger partial charge >= 0.3 is 6.18 Å². The van der Waals surface area contributed by atoms with E-state index in [4.69, 9.17) is 4.74 Å². The van der Waals surface area contributed by atoms with E-state index in [1.165, 1.54) is 13.2 Å². The minimum absolute atomic E-state index is 0.152. The Labute approximate surface area is 138 Å². The number of rotatable bonds is 6. The third kappa shape index (κ3) is 4.83. The van der Waals surface area contributed by atoms with Crippen LogP contribution in [0.4, 0.5) is 13.2 Å². The Balaban J connectivity index is 2.19. The van der Waals surface area contributed by atoms with Crippen LogP contribution < -0.4 is 5.32 Å². The van der Waals surface area contributed by atoms with Gasteiger partial charge in [-0.15, -0.1) is 0 Å². The largest absolute Gasteiger partial charge is 0.408 e. The van der Waals surface area contributed by atoms with Crippen molar-refractivity contribution in [2.45, 2.75) is 25.2 Å². The summed E-state index contributed by atoms with van der Waals surface area (Å²) in [6.07, 6.45) is -4.86. The monoisotopic (exact) mass is 337 g/mol. The summed E-state index contributed by atoms with van der Waals surface area (Å²) in [5.74, 6) is -0.763. The predicted octanol–water partition coefficient (Wildman–Crippen LogP) is 3.74. The van der Waals surface area contributed by atoms with Crippen LogP contribution >= 0.6 is 0 Å². The highest BCUT2D eigenvalue weighted by Gasteiger charge is 2.40. The number of hydrogen-bond acceptors (Lipinski definition) is 2. The van der Waals surface area contributed by atoms with E-state index in [0.29, 0.717) is 11.1 Å². The van der Waals surface area contributed by atoms with Crippen LogP contribution in [0.25, 0.3) is 0 Å². The molecule has 24 heavy (non-hydrogen) atoms. The molecule has 0 spiro atoms. The van der Waals surface area contributed by atoms with Crippen LogP contribution in [0, 0.1) is 0 Å². The maximum atomic E-state index is 13.3. The molecule has 1 N–H and O–H groups in total. The maximum absolute atomic E-state index is 13.3. The molecule has 0 saturated heterocycles. The summed E-state index contributed by atoms with van der Waals surface area (Å²) < 4.78 is 44.9. The molecule has 2 aromatic carbocycles. The Kier molecular flexibility index (Phi) is 5.98. The Bertz CT molecular complexity index is 671. The molecule has 1 amide bonds. The van der Waals surface area contributed by atoms with Crippen molar-refractivity contribution >= 4 is 5.91 Å². The van der Waals surface area contributed by atoms with Crippen LogP contribution in [0.2, 0.25) is 0 Å². The molecule has 0 fully saturated rings. The fraction of sp³-hybridized carbons (Fsp3) is 0.278. The van der Waals surface area contributed by atoms with Crippen molar-refractivity contribution in [1.82, 2.24) is 5.32 Å². The summed E-state index contributed by atoms with van der Waals surface area (Å²) in [5.41, 5.74) is 1.23. The van der Waals surface area contributed by atoms with Crippen molar-refractivity contribution in [3.05, 3.63) is 71.3 Å². The number of methoxy groups -OCH3 is 1. The molecule has 2 rings (SSSR count). The Morgan fingerprint density at radius 1 is 1.08 bits per heavy atom. The van der Waals surface area contributed by atoms with Gasteiger partial charge in [-0.1, -0.05) is 48.5 Å². The van der Waals surface area contributed by atoms with Gasteiger partial charge in [-0.25, -0.2) is 0 Å². The van der Waals surface area contributed by atoms with Gasteiger partial charge in [-0.05, 0) is 17.2 Å².